The quantitative estimate of drug-likeness (QED) is 0.570. The van der Waals surface area contributed by atoms with E-state index in [0.717, 1.165) is 20.1 Å². The summed E-state index contributed by atoms with van der Waals surface area (Å²) in [7, 11) is 0. The van der Waals surface area contributed by atoms with Crippen LogP contribution in [0.2, 0.25) is 0 Å². The van der Waals surface area contributed by atoms with Crippen LogP contribution < -0.4 is 0 Å². The van der Waals surface area contributed by atoms with E-state index in [9.17, 15) is 4.79 Å². The molecule has 0 saturated heterocycles. The molecular weight excluding hydrogens is 368 g/mol. The standard InChI is InChI=1S/C12H10Br2O2S/c1-2-16-12(15)11-9(6-13)8-5-7(14)3-4-10(8)17-11/h3-5H,2,6H2,1H3. The number of carbonyl (C=O) groups excluding carboxylic acids is 1. The summed E-state index contributed by atoms with van der Waals surface area (Å²) in [6.07, 6.45) is 0. The van der Waals surface area contributed by atoms with Crippen molar-refractivity contribution < 1.29 is 9.53 Å². The first-order valence-corrected chi connectivity index (χ1v) is 7.84. The highest BCUT2D eigenvalue weighted by Gasteiger charge is 2.18. The Morgan fingerprint density at radius 3 is 2.88 bits per heavy atom. The molecule has 1 aromatic carbocycles. The number of esters is 1. The number of rotatable bonds is 3. The van der Waals surface area contributed by atoms with Gasteiger partial charge in [-0.15, -0.1) is 11.3 Å². The maximum atomic E-state index is 11.8. The SMILES string of the molecule is CCOC(=O)c1sc2ccc(Br)cc2c1CBr. The highest BCUT2D eigenvalue weighted by Crippen LogP contribution is 2.35. The number of hydrogen-bond acceptors (Lipinski definition) is 3. The van der Waals surface area contributed by atoms with Crippen LogP contribution in [-0.2, 0) is 10.1 Å². The molecule has 0 saturated carbocycles. The summed E-state index contributed by atoms with van der Waals surface area (Å²) in [5.74, 6) is -0.237. The van der Waals surface area contributed by atoms with Crippen molar-refractivity contribution in [2.24, 2.45) is 0 Å². The van der Waals surface area contributed by atoms with E-state index in [4.69, 9.17) is 4.74 Å². The predicted molar refractivity (Wildman–Crippen MR) is 78.1 cm³/mol. The lowest BCUT2D eigenvalue weighted by Gasteiger charge is -2.01. The summed E-state index contributed by atoms with van der Waals surface area (Å²) >= 11 is 8.36. The van der Waals surface area contributed by atoms with E-state index in [2.05, 4.69) is 31.9 Å². The summed E-state index contributed by atoms with van der Waals surface area (Å²) in [4.78, 5) is 12.5. The van der Waals surface area contributed by atoms with Crippen molar-refractivity contribution in [1.82, 2.24) is 0 Å². The van der Waals surface area contributed by atoms with Gasteiger partial charge in [0.1, 0.15) is 4.88 Å². The molecule has 0 aliphatic rings. The van der Waals surface area contributed by atoms with Crippen LogP contribution in [0.25, 0.3) is 10.1 Å². The van der Waals surface area contributed by atoms with Gasteiger partial charge in [0.2, 0.25) is 0 Å². The Labute approximate surface area is 120 Å². The molecule has 0 spiro atoms. The normalized spacial score (nSPS) is 10.8. The maximum absolute atomic E-state index is 11.8. The van der Waals surface area contributed by atoms with E-state index in [1.54, 1.807) is 0 Å². The Hall–Kier alpha value is -0.390. The molecule has 1 heterocycles. The zero-order chi connectivity index (χ0) is 12.4. The number of benzene rings is 1. The molecule has 0 radical (unpaired) electrons. The van der Waals surface area contributed by atoms with Crippen molar-refractivity contribution in [3.8, 4) is 0 Å². The van der Waals surface area contributed by atoms with Gasteiger partial charge >= 0.3 is 5.97 Å². The van der Waals surface area contributed by atoms with E-state index in [1.165, 1.54) is 11.3 Å². The fraction of sp³-hybridized carbons (Fsp3) is 0.250. The van der Waals surface area contributed by atoms with Gasteiger partial charge in [-0.05, 0) is 36.1 Å². The fourth-order valence-electron chi connectivity index (χ4n) is 1.62. The minimum Gasteiger partial charge on any atom is -0.462 e. The summed E-state index contributed by atoms with van der Waals surface area (Å²) < 4.78 is 7.19. The molecule has 2 aromatic rings. The van der Waals surface area contributed by atoms with Crippen LogP contribution >= 0.6 is 43.2 Å². The smallest absolute Gasteiger partial charge is 0.348 e. The lowest BCUT2D eigenvalue weighted by molar-refractivity contribution is 0.0531. The van der Waals surface area contributed by atoms with Crippen molar-refractivity contribution in [2.45, 2.75) is 12.3 Å². The largest absolute Gasteiger partial charge is 0.462 e. The van der Waals surface area contributed by atoms with E-state index in [1.807, 2.05) is 25.1 Å². The minimum absolute atomic E-state index is 0.237. The second kappa shape index (κ2) is 5.50. The number of fused-ring (bicyclic) bond motifs is 1. The lowest BCUT2D eigenvalue weighted by atomic mass is 10.1. The molecule has 90 valence electrons. The number of hydrogen-bond donors (Lipinski definition) is 0. The molecule has 0 bridgehead atoms. The van der Waals surface area contributed by atoms with Crippen LogP contribution in [0.15, 0.2) is 22.7 Å². The minimum atomic E-state index is -0.237. The monoisotopic (exact) mass is 376 g/mol. The van der Waals surface area contributed by atoms with Crippen molar-refractivity contribution in [3.63, 3.8) is 0 Å². The van der Waals surface area contributed by atoms with Crippen molar-refractivity contribution in [2.75, 3.05) is 6.61 Å². The van der Waals surface area contributed by atoms with E-state index >= 15 is 0 Å². The summed E-state index contributed by atoms with van der Waals surface area (Å²) in [5, 5.41) is 1.75. The van der Waals surface area contributed by atoms with Gasteiger partial charge in [-0.2, -0.15) is 0 Å². The molecule has 17 heavy (non-hydrogen) atoms. The molecule has 1 aromatic heterocycles. The molecule has 0 N–H and O–H groups in total. The number of alkyl halides is 1. The zero-order valence-corrected chi connectivity index (χ0v) is 13.1. The molecule has 0 fully saturated rings. The third-order valence-corrected chi connectivity index (χ3v) is 4.59. The van der Waals surface area contributed by atoms with Crippen molar-refractivity contribution >= 4 is 59.3 Å². The van der Waals surface area contributed by atoms with E-state index in [-0.39, 0.29) is 5.97 Å². The van der Waals surface area contributed by atoms with Crippen LogP contribution in [0.4, 0.5) is 0 Å². The van der Waals surface area contributed by atoms with Gasteiger partial charge in [-0.1, -0.05) is 31.9 Å². The van der Waals surface area contributed by atoms with Crippen molar-refractivity contribution in [3.05, 3.63) is 33.1 Å². The number of halogens is 2. The maximum Gasteiger partial charge on any atom is 0.348 e. The third-order valence-electron chi connectivity index (χ3n) is 2.35. The van der Waals surface area contributed by atoms with Gasteiger partial charge in [-0.25, -0.2) is 4.79 Å². The van der Waals surface area contributed by atoms with Crippen LogP contribution in [0.5, 0.6) is 0 Å². The summed E-state index contributed by atoms with van der Waals surface area (Å²) in [6, 6.07) is 6.02. The molecular formula is C12H10Br2O2S. The molecule has 0 unspecified atom stereocenters. The van der Waals surface area contributed by atoms with Gasteiger partial charge in [0.25, 0.3) is 0 Å². The molecule has 0 aliphatic heterocycles. The molecule has 0 amide bonds. The number of ether oxygens (including phenoxy) is 1. The Morgan fingerprint density at radius 1 is 1.47 bits per heavy atom. The molecule has 2 rings (SSSR count). The Bertz CT molecular complexity index is 563. The lowest BCUT2D eigenvalue weighted by Crippen LogP contribution is -2.04. The fourth-order valence-corrected chi connectivity index (χ4v) is 3.84. The first kappa shape index (κ1) is 13.1. The van der Waals surface area contributed by atoms with Crippen molar-refractivity contribution in [1.29, 1.82) is 0 Å². The highest BCUT2D eigenvalue weighted by molar-refractivity contribution is 9.10. The second-order valence-electron chi connectivity index (χ2n) is 3.40. The van der Waals surface area contributed by atoms with Gasteiger partial charge in [0.05, 0.1) is 6.61 Å². The van der Waals surface area contributed by atoms with E-state index < -0.39 is 0 Å². The first-order valence-electron chi connectivity index (χ1n) is 5.11. The topological polar surface area (TPSA) is 26.3 Å². The van der Waals surface area contributed by atoms with Crippen LogP contribution in [0, 0.1) is 0 Å². The van der Waals surface area contributed by atoms with Gasteiger partial charge in [0, 0.05) is 14.5 Å². The van der Waals surface area contributed by atoms with Crippen LogP contribution in [0.3, 0.4) is 0 Å². The molecule has 0 aliphatic carbocycles. The average Bonchev–Trinajstić information content (AvgIpc) is 2.67. The van der Waals surface area contributed by atoms with Gasteiger partial charge < -0.3 is 4.74 Å². The Kier molecular flexibility index (Phi) is 4.22. The average molecular weight is 378 g/mol. The summed E-state index contributed by atoms with van der Waals surface area (Å²) in [5.41, 5.74) is 1.00. The molecule has 2 nitrogen and oxygen atoms in total. The molecule has 5 heteroatoms. The zero-order valence-electron chi connectivity index (χ0n) is 9.13. The van der Waals surface area contributed by atoms with Gasteiger partial charge in [-0.3, -0.25) is 0 Å². The predicted octanol–water partition coefficient (Wildman–Crippen LogP) is 4.74. The number of thiophene rings is 1. The highest BCUT2D eigenvalue weighted by atomic mass is 79.9. The third kappa shape index (κ3) is 2.56. The van der Waals surface area contributed by atoms with Crippen LogP contribution in [0.1, 0.15) is 22.2 Å². The number of carbonyl (C=O) groups is 1. The van der Waals surface area contributed by atoms with E-state index in [0.29, 0.717) is 16.8 Å². The second-order valence-corrected chi connectivity index (χ2v) is 5.93. The Morgan fingerprint density at radius 2 is 2.24 bits per heavy atom. The first-order chi connectivity index (χ1) is 8.17. The molecule has 0 atom stereocenters. The summed E-state index contributed by atoms with van der Waals surface area (Å²) in [6.45, 7) is 2.22. The van der Waals surface area contributed by atoms with Crippen LogP contribution in [-0.4, -0.2) is 12.6 Å². The Balaban J connectivity index is 2.60. The van der Waals surface area contributed by atoms with Gasteiger partial charge in [0.15, 0.2) is 0 Å².